The molecule has 2 heterocycles. The fourth-order valence-corrected chi connectivity index (χ4v) is 2.74. The van der Waals surface area contributed by atoms with Gasteiger partial charge in [-0.2, -0.15) is 5.10 Å². The predicted molar refractivity (Wildman–Crippen MR) is 81.6 cm³/mol. The number of rotatable bonds is 5. The Morgan fingerprint density at radius 2 is 2.19 bits per heavy atom. The summed E-state index contributed by atoms with van der Waals surface area (Å²) >= 11 is 0. The average molecular weight is 285 g/mol. The van der Waals surface area contributed by atoms with Gasteiger partial charge in [0.2, 0.25) is 0 Å². The van der Waals surface area contributed by atoms with E-state index in [4.69, 9.17) is 9.15 Å². The summed E-state index contributed by atoms with van der Waals surface area (Å²) in [6.45, 7) is 2.85. The number of hydrogen-bond donors (Lipinski definition) is 1. The first-order valence-corrected chi connectivity index (χ1v) is 7.03. The largest absolute Gasteiger partial charge is 0.493 e. The molecule has 3 aromatic rings. The van der Waals surface area contributed by atoms with E-state index in [2.05, 4.69) is 23.4 Å². The topological polar surface area (TPSA) is 52.2 Å². The third-order valence-corrected chi connectivity index (χ3v) is 3.75. The van der Waals surface area contributed by atoms with Crippen LogP contribution in [-0.4, -0.2) is 23.9 Å². The number of methoxy groups -OCH3 is 1. The van der Waals surface area contributed by atoms with Crippen LogP contribution in [0.4, 0.5) is 0 Å². The lowest BCUT2D eigenvalue weighted by Gasteiger charge is -2.18. The third-order valence-electron chi connectivity index (χ3n) is 3.75. The maximum atomic E-state index is 5.67. The molecule has 1 aromatic carbocycles. The Bertz CT molecular complexity index is 723. The lowest BCUT2D eigenvalue weighted by molar-refractivity contribution is 0.401. The van der Waals surface area contributed by atoms with E-state index in [0.717, 1.165) is 34.5 Å². The van der Waals surface area contributed by atoms with Gasteiger partial charge in [0, 0.05) is 17.5 Å². The third kappa shape index (κ3) is 2.19. The number of furan rings is 1. The lowest BCUT2D eigenvalue weighted by Crippen LogP contribution is -2.21. The summed E-state index contributed by atoms with van der Waals surface area (Å²) in [6.07, 6.45) is 3.56. The van der Waals surface area contributed by atoms with Gasteiger partial charge in [-0.05, 0) is 20.0 Å². The summed E-state index contributed by atoms with van der Waals surface area (Å²) in [5, 5.41) is 8.83. The maximum absolute atomic E-state index is 5.67. The molecule has 0 bridgehead atoms. The van der Waals surface area contributed by atoms with E-state index in [-0.39, 0.29) is 6.04 Å². The fraction of sp³-hybridized carbons (Fsp3) is 0.312. The number of aryl methyl sites for hydroxylation is 1. The highest BCUT2D eigenvalue weighted by molar-refractivity contribution is 5.82. The quantitative estimate of drug-likeness (QED) is 0.783. The second kappa shape index (κ2) is 5.61. The van der Waals surface area contributed by atoms with Crippen LogP contribution in [0.5, 0.6) is 5.75 Å². The molecule has 0 aliphatic rings. The highest BCUT2D eigenvalue weighted by Gasteiger charge is 2.24. The molecule has 0 aliphatic carbocycles. The first kappa shape index (κ1) is 13.7. The Morgan fingerprint density at radius 3 is 2.90 bits per heavy atom. The number of nitrogens with one attached hydrogen (secondary N) is 1. The molecule has 0 saturated carbocycles. The molecule has 2 aromatic heterocycles. The Balaban J connectivity index is 2.16. The molecular formula is C16H19N3O2. The van der Waals surface area contributed by atoms with Crippen molar-refractivity contribution in [3.05, 3.63) is 48.0 Å². The van der Waals surface area contributed by atoms with E-state index in [1.54, 1.807) is 19.6 Å². The Morgan fingerprint density at radius 1 is 1.38 bits per heavy atom. The van der Waals surface area contributed by atoms with Crippen LogP contribution in [0, 0.1) is 0 Å². The monoisotopic (exact) mass is 285 g/mol. The Kier molecular flexibility index (Phi) is 3.66. The van der Waals surface area contributed by atoms with Crippen molar-refractivity contribution in [3.8, 4) is 5.75 Å². The number of para-hydroxylation sites is 1. The van der Waals surface area contributed by atoms with Crippen LogP contribution in [0.15, 0.2) is 41.1 Å². The molecular weight excluding hydrogens is 266 g/mol. The minimum Gasteiger partial charge on any atom is -0.493 e. The molecule has 0 spiro atoms. The summed E-state index contributed by atoms with van der Waals surface area (Å²) in [4.78, 5) is 0. The first-order valence-electron chi connectivity index (χ1n) is 7.03. The van der Waals surface area contributed by atoms with Gasteiger partial charge in [0.05, 0.1) is 25.6 Å². The van der Waals surface area contributed by atoms with E-state index in [9.17, 15) is 0 Å². The van der Waals surface area contributed by atoms with E-state index in [0.29, 0.717) is 0 Å². The highest BCUT2D eigenvalue weighted by atomic mass is 16.5. The standard InChI is InChI=1S/C16H19N3O2/c1-4-19-16(14(20-3)9-18-19)15(17-2)12-10-21-13-8-6-5-7-11(12)13/h5-10,15,17H,4H2,1-3H3. The molecule has 0 radical (unpaired) electrons. The van der Waals surface area contributed by atoms with Crippen molar-refractivity contribution < 1.29 is 9.15 Å². The molecule has 21 heavy (non-hydrogen) atoms. The Hall–Kier alpha value is -2.27. The average Bonchev–Trinajstić information content (AvgIpc) is 3.13. The number of hydrogen-bond acceptors (Lipinski definition) is 4. The molecule has 1 unspecified atom stereocenters. The van der Waals surface area contributed by atoms with Gasteiger partial charge in [0.15, 0.2) is 5.75 Å². The van der Waals surface area contributed by atoms with Crippen molar-refractivity contribution >= 4 is 11.0 Å². The van der Waals surface area contributed by atoms with Gasteiger partial charge in [0.1, 0.15) is 11.3 Å². The lowest BCUT2D eigenvalue weighted by atomic mass is 10.0. The molecule has 110 valence electrons. The predicted octanol–water partition coefficient (Wildman–Crippen LogP) is 2.97. The first-order chi connectivity index (χ1) is 10.3. The van der Waals surface area contributed by atoms with E-state index in [1.807, 2.05) is 29.9 Å². The van der Waals surface area contributed by atoms with Crippen LogP contribution >= 0.6 is 0 Å². The van der Waals surface area contributed by atoms with Gasteiger partial charge in [-0.15, -0.1) is 0 Å². The zero-order chi connectivity index (χ0) is 14.8. The highest BCUT2D eigenvalue weighted by Crippen LogP contribution is 2.34. The molecule has 0 amide bonds. The van der Waals surface area contributed by atoms with Gasteiger partial charge < -0.3 is 14.5 Å². The van der Waals surface area contributed by atoms with Crippen LogP contribution in [0.3, 0.4) is 0 Å². The van der Waals surface area contributed by atoms with E-state index >= 15 is 0 Å². The summed E-state index contributed by atoms with van der Waals surface area (Å²) in [5.74, 6) is 0.779. The smallest absolute Gasteiger partial charge is 0.161 e. The normalized spacial score (nSPS) is 12.7. The van der Waals surface area contributed by atoms with Crippen LogP contribution in [0.25, 0.3) is 11.0 Å². The molecule has 3 rings (SSSR count). The minimum atomic E-state index is -0.0361. The summed E-state index contributed by atoms with van der Waals surface area (Å²) in [5.41, 5.74) is 2.98. The molecule has 5 nitrogen and oxygen atoms in total. The van der Waals surface area contributed by atoms with Crippen molar-refractivity contribution in [1.82, 2.24) is 15.1 Å². The van der Waals surface area contributed by atoms with Crippen molar-refractivity contribution in [3.63, 3.8) is 0 Å². The second-order valence-electron chi connectivity index (χ2n) is 4.82. The van der Waals surface area contributed by atoms with Crippen LogP contribution in [0.1, 0.15) is 24.2 Å². The zero-order valence-electron chi connectivity index (χ0n) is 12.5. The fourth-order valence-electron chi connectivity index (χ4n) is 2.74. The van der Waals surface area contributed by atoms with Crippen molar-refractivity contribution in [2.24, 2.45) is 0 Å². The maximum Gasteiger partial charge on any atom is 0.161 e. The number of benzene rings is 1. The van der Waals surface area contributed by atoms with E-state index in [1.165, 1.54) is 0 Å². The summed E-state index contributed by atoms with van der Waals surface area (Å²) in [7, 11) is 3.60. The number of nitrogens with zero attached hydrogens (tertiary/aromatic N) is 2. The van der Waals surface area contributed by atoms with Gasteiger partial charge in [-0.25, -0.2) is 0 Å². The van der Waals surface area contributed by atoms with Crippen LogP contribution < -0.4 is 10.1 Å². The molecule has 0 aliphatic heterocycles. The van der Waals surface area contributed by atoms with E-state index < -0.39 is 0 Å². The summed E-state index contributed by atoms with van der Waals surface area (Å²) in [6, 6.07) is 7.99. The second-order valence-corrected chi connectivity index (χ2v) is 4.82. The van der Waals surface area contributed by atoms with Crippen LogP contribution in [-0.2, 0) is 6.54 Å². The van der Waals surface area contributed by atoms with Gasteiger partial charge >= 0.3 is 0 Å². The molecule has 5 heteroatoms. The SMILES string of the molecule is CCn1ncc(OC)c1C(NC)c1coc2ccccc12. The van der Waals surface area contributed by atoms with Crippen molar-refractivity contribution in [1.29, 1.82) is 0 Å². The molecule has 1 atom stereocenters. The molecule has 0 saturated heterocycles. The minimum absolute atomic E-state index is 0.0361. The van der Waals surface area contributed by atoms with Gasteiger partial charge in [-0.3, -0.25) is 4.68 Å². The molecule has 0 fully saturated rings. The van der Waals surface area contributed by atoms with Crippen LogP contribution in [0.2, 0.25) is 0 Å². The number of ether oxygens (including phenoxy) is 1. The van der Waals surface area contributed by atoms with Gasteiger partial charge in [-0.1, -0.05) is 18.2 Å². The Labute approximate surface area is 123 Å². The zero-order valence-corrected chi connectivity index (χ0v) is 12.5. The molecule has 1 N–H and O–H groups in total. The van der Waals surface area contributed by atoms with Crippen molar-refractivity contribution in [2.45, 2.75) is 19.5 Å². The van der Waals surface area contributed by atoms with Crippen molar-refractivity contribution in [2.75, 3.05) is 14.2 Å². The number of fused-ring (bicyclic) bond motifs is 1. The van der Waals surface area contributed by atoms with Gasteiger partial charge in [0.25, 0.3) is 0 Å². The summed E-state index contributed by atoms with van der Waals surface area (Å²) < 4.78 is 13.1. The number of aromatic nitrogens is 2.